The maximum absolute atomic E-state index is 12.3. The third-order valence-electron chi connectivity index (χ3n) is 3.97. The van der Waals surface area contributed by atoms with Crippen molar-refractivity contribution in [2.24, 2.45) is 0 Å². The number of aromatic nitrogens is 1. The van der Waals surface area contributed by atoms with Crippen LogP contribution >= 0.6 is 0 Å². The fraction of sp³-hybridized carbons (Fsp3) is 0.533. The lowest BCUT2D eigenvalue weighted by Crippen LogP contribution is -2.46. The molecule has 1 aromatic heterocycles. The fourth-order valence-electron chi connectivity index (χ4n) is 2.78. The van der Waals surface area contributed by atoms with E-state index in [1.807, 2.05) is 12.1 Å². The van der Waals surface area contributed by atoms with Crippen LogP contribution in [0.3, 0.4) is 0 Å². The topological polar surface area (TPSA) is 62.7 Å². The number of likely N-dealkylation sites (tertiary alicyclic amines) is 1. The standard InChI is InChI=1S/C15H19N3O3/c19-14-4-2-6-17(14)11-15(20)18-7-8-21-13(10-18)12-3-1-5-16-9-12/h1,3,5,9,13H,2,4,6-8,10-11H2. The molecular weight excluding hydrogens is 270 g/mol. The molecule has 1 atom stereocenters. The third kappa shape index (κ3) is 3.21. The molecule has 112 valence electrons. The zero-order chi connectivity index (χ0) is 14.7. The Balaban J connectivity index is 1.60. The van der Waals surface area contributed by atoms with Gasteiger partial charge < -0.3 is 14.5 Å². The van der Waals surface area contributed by atoms with Crippen LogP contribution in [0.5, 0.6) is 0 Å². The quantitative estimate of drug-likeness (QED) is 0.817. The second-order valence-electron chi connectivity index (χ2n) is 5.40. The zero-order valence-corrected chi connectivity index (χ0v) is 11.9. The SMILES string of the molecule is O=C1CCCN1CC(=O)N1CCOC(c2cccnc2)C1. The summed E-state index contributed by atoms with van der Waals surface area (Å²) in [5.41, 5.74) is 0.979. The zero-order valence-electron chi connectivity index (χ0n) is 11.9. The van der Waals surface area contributed by atoms with Crippen molar-refractivity contribution >= 4 is 11.8 Å². The van der Waals surface area contributed by atoms with E-state index in [4.69, 9.17) is 4.74 Å². The Kier molecular flexibility index (Phi) is 4.15. The van der Waals surface area contributed by atoms with Gasteiger partial charge in [0.05, 0.1) is 19.7 Å². The molecule has 0 bridgehead atoms. The number of nitrogens with zero attached hydrogens (tertiary/aromatic N) is 3. The number of rotatable bonds is 3. The molecule has 0 aromatic carbocycles. The minimum atomic E-state index is -0.134. The van der Waals surface area contributed by atoms with E-state index in [1.54, 1.807) is 22.2 Å². The van der Waals surface area contributed by atoms with Crippen molar-refractivity contribution < 1.29 is 14.3 Å². The van der Waals surface area contributed by atoms with Gasteiger partial charge in [-0.1, -0.05) is 6.07 Å². The van der Waals surface area contributed by atoms with E-state index in [9.17, 15) is 9.59 Å². The molecule has 2 saturated heterocycles. The minimum Gasteiger partial charge on any atom is -0.370 e. The number of hydrogen-bond acceptors (Lipinski definition) is 4. The van der Waals surface area contributed by atoms with Crippen LogP contribution in [0.4, 0.5) is 0 Å². The molecule has 21 heavy (non-hydrogen) atoms. The van der Waals surface area contributed by atoms with Crippen molar-refractivity contribution in [3.63, 3.8) is 0 Å². The average molecular weight is 289 g/mol. The first-order valence-corrected chi connectivity index (χ1v) is 7.31. The maximum Gasteiger partial charge on any atom is 0.242 e. The van der Waals surface area contributed by atoms with E-state index in [0.717, 1.165) is 12.0 Å². The lowest BCUT2D eigenvalue weighted by Gasteiger charge is -2.34. The summed E-state index contributed by atoms with van der Waals surface area (Å²) in [4.78, 5) is 31.5. The number of morpholine rings is 1. The Morgan fingerprint density at radius 3 is 3.05 bits per heavy atom. The molecule has 1 aromatic rings. The molecule has 2 aliphatic heterocycles. The summed E-state index contributed by atoms with van der Waals surface area (Å²) in [7, 11) is 0. The van der Waals surface area contributed by atoms with Crippen molar-refractivity contribution in [3.05, 3.63) is 30.1 Å². The summed E-state index contributed by atoms with van der Waals surface area (Å²) < 4.78 is 5.72. The molecule has 0 saturated carbocycles. The van der Waals surface area contributed by atoms with Crippen LogP contribution in [0.25, 0.3) is 0 Å². The van der Waals surface area contributed by atoms with Crippen molar-refractivity contribution in [2.75, 3.05) is 32.8 Å². The Labute approximate surface area is 123 Å². The number of hydrogen-bond donors (Lipinski definition) is 0. The molecule has 0 aliphatic carbocycles. The molecule has 2 fully saturated rings. The molecule has 2 aliphatic rings. The smallest absolute Gasteiger partial charge is 0.242 e. The Hall–Kier alpha value is -1.95. The van der Waals surface area contributed by atoms with Gasteiger partial charge in [-0.05, 0) is 12.5 Å². The van der Waals surface area contributed by atoms with Gasteiger partial charge >= 0.3 is 0 Å². The first-order chi connectivity index (χ1) is 10.2. The summed E-state index contributed by atoms with van der Waals surface area (Å²) in [5, 5.41) is 0. The fourth-order valence-corrected chi connectivity index (χ4v) is 2.78. The van der Waals surface area contributed by atoms with Crippen LogP contribution < -0.4 is 0 Å². The Bertz CT molecular complexity index is 520. The molecule has 6 nitrogen and oxygen atoms in total. The highest BCUT2D eigenvalue weighted by molar-refractivity contribution is 5.85. The van der Waals surface area contributed by atoms with E-state index in [-0.39, 0.29) is 24.5 Å². The van der Waals surface area contributed by atoms with Crippen LogP contribution in [0.2, 0.25) is 0 Å². The van der Waals surface area contributed by atoms with Gasteiger partial charge in [0, 0.05) is 37.5 Å². The predicted molar refractivity (Wildman–Crippen MR) is 75.3 cm³/mol. The molecule has 2 amide bonds. The van der Waals surface area contributed by atoms with Crippen LogP contribution in [0.15, 0.2) is 24.5 Å². The summed E-state index contributed by atoms with van der Waals surface area (Å²) in [6.07, 6.45) is 4.77. The lowest BCUT2D eigenvalue weighted by atomic mass is 10.1. The van der Waals surface area contributed by atoms with Gasteiger partial charge in [0.25, 0.3) is 0 Å². The largest absolute Gasteiger partial charge is 0.370 e. The van der Waals surface area contributed by atoms with E-state index < -0.39 is 0 Å². The first kappa shape index (κ1) is 14.0. The van der Waals surface area contributed by atoms with Gasteiger partial charge in [0.15, 0.2) is 0 Å². The maximum atomic E-state index is 12.3. The molecule has 3 heterocycles. The van der Waals surface area contributed by atoms with Gasteiger partial charge in [0.2, 0.25) is 11.8 Å². The molecule has 0 N–H and O–H groups in total. The molecule has 0 radical (unpaired) electrons. The van der Waals surface area contributed by atoms with Crippen molar-refractivity contribution in [1.29, 1.82) is 0 Å². The van der Waals surface area contributed by atoms with Crippen LogP contribution in [0.1, 0.15) is 24.5 Å². The van der Waals surface area contributed by atoms with Crippen LogP contribution in [-0.4, -0.2) is 59.4 Å². The number of carbonyl (C=O) groups excluding carboxylic acids is 2. The number of ether oxygens (including phenoxy) is 1. The summed E-state index contributed by atoms with van der Waals surface area (Å²) in [6.45, 7) is 2.50. The lowest BCUT2D eigenvalue weighted by molar-refractivity contribution is -0.143. The van der Waals surface area contributed by atoms with Crippen molar-refractivity contribution in [3.8, 4) is 0 Å². The highest BCUT2D eigenvalue weighted by Gasteiger charge is 2.29. The van der Waals surface area contributed by atoms with Gasteiger partial charge in [-0.15, -0.1) is 0 Å². The van der Waals surface area contributed by atoms with E-state index >= 15 is 0 Å². The summed E-state index contributed by atoms with van der Waals surface area (Å²) >= 11 is 0. The van der Waals surface area contributed by atoms with Crippen LogP contribution in [-0.2, 0) is 14.3 Å². The molecule has 0 spiro atoms. The second kappa shape index (κ2) is 6.22. The van der Waals surface area contributed by atoms with Gasteiger partial charge in [-0.3, -0.25) is 14.6 Å². The molecule has 1 unspecified atom stereocenters. The van der Waals surface area contributed by atoms with E-state index in [2.05, 4.69) is 4.98 Å². The predicted octanol–water partition coefficient (Wildman–Crippen LogP) is 0.604. The average Bonchev–Trinajstić information content (AvgIpc) is 2.93. The number of carbonyl (C=O) groups is 2. The van der Waals surface area contributed by atoms with Crippen molar-refractivity contribution in [1.82, 2.24) is 14.8 Å². The molecule has 3 rings (SSSR count). The van der Waals surface area contributed by atoms with E-state index in [0.29, 0.717) is 32.7 Å². The van der Waals surface area contributed by atoms with Gasteiger partial charge in [-0.2, -0.15) is 0 Å². The molecular formula is C15H19N3O3. The van der Waals surface area contributed by atoms with Crippen LogP contribution in [0, 0.1) is 0 Å². The summed E-state index contributed by atoms with van der Waals surface area (Å²) in [5.74, 6) is 0.0860. The van der Waals surface area contributed by atoms with E-state index in [1.165, 1.54) is 0 Å². The number of amides is 2. The summed E-state index contributed by atoms with van der Waals surface area (Å²) in [6, 6.07) is 3.82. The second-order valence-corrected chi connectivity index (χ2v) is 5.40. The Morgan fingerprint density at radius 1 is 1.43 bits per heavy atom. The molecule has 6 heteroatoms. The first-order valence-electron chi connectivity index (χ1n) is 7.31. The van der Waals surface area contributed by atoms with Crippen molar-refractivity contribution in [2.45, 2.75) is 18.9 Å². The monoisotopic (exact) mass is 289 g/mol. The highest BCUT2D eigenvalue weighted by atomic mass is 16.5. The Morgan fingerprint density at radius 2 is 2.33 bits per heavy atom. The minimum absolute atomic E-state index is 0.00226. The number of pyridine rings is 1. The normalized spacial score (nSPS) is 22.7. The third-order valence-corrected chi connectivity index (χ3v) is 3.97. The van der Waals surface area contributed by atoms with Gasteiger partial charge in [-0.25, -0.2) is 0 Å². The highest BCUT2D eigenvalue weighted by Crippen LogP contribution is 2.21. The van der Waals surface area contributed by atoms with Gasteiger partial charge in [0.1, 0.15) is 6.10 Å².